The van der Waals surface area contributed by atoms with Crippen LogP contribution >= 0.6 is 0 Å². The Morgan fingerprint density at radius 2 is 2.08 bits per heavy atom. The summed E-state index contributed by atoms with van der Waals surface area (Å²) in [5.41, 5.74) is 3.20. The largest absolute Gasteiger partial charge is 0.481 e. The number of rotatable bonds is 4. The van der Waals surface area contributed by atoms with Crippen molar-refractivity contribution >= 4 is 5.97 Å². The Morgan fingerprint density at radius 3 is 2.62 bits per heavy atom. The maximum Gasteiger partial charge on any atom is 0.304 e. The van der Waals surface area contributed by atoms with Crippen molar-refractivity contribution in [2.75, 3.05) is 13.1 Å². The summed E-state index contributed by atoms with van der Waals surface area (Å²) in [6.45, 7) is 4.00. The molecular weight excluding hydrogens is 168 g/mol. The molecule has 1 unspecified atom stereocenters. The molecule has 0 amide bonds. The first-order valence-electron chi connectivity index (χ1n) is 4.91. The number of hydrogen-bond donors (Lipinski definition) is 2. The third-order valence-electron chi connectivity index (χ3n) is 2.24. The van der Waals surface area contributed by atoms with E-state index >= 15 is 0 Å². The summed E-state index contributed by atoms with van der Waals surface area (Å²) in [5.74, 6) is -0.739. The Balaban J connectivity index is 2.18. The van der Waals surface area contributed by atoms with E-state index < -0.39 is 5.97 Å². The van der Waals surface area contributed by atoms with Crippen LogP contribution in [0.3, 0.4) is 0 Å². The average Bonchev–Trinajstić information content (AvgIpc) is 2.04. The molecule has 0 spiro atoms. The molecule has 1 atom stereocenters. The Bertz CT molecular complexity index is 167. The van der Waals surface area contributed by atoms with Gasteiger partial charge in [-0.2, -0.15) is 0 Å². The van der Waals surface area contributed by atoms with Crippen LogP contribution in [0.1, 0.15) is 32.6 Å². The van der Waals surface area contributed by atoms with Crippen molar-refractivity contribution < 1.29 is 9.90 Å². The fraction of sp³-hybridized carbons (Fsp3) is 0.889. The van der Waals surface area contributed by atoms with Gasteiger partial charge in [-0.05, 0) is 19.8 Å². The number of nitrogens with one attached hydrogen (secondary N) is 1. The van der Waals surface area contributed by atoms with Crippen molar-refractivity contribution in [2.24, 2.45) is 0 Å². The van der Waals surface area contributed by atoms with Gasteiger partial charge in [0.15, 0.2) is 0 Å². The number of carboxylic acids is 1. The van der Waals surface area contributed by atoms with Crippen molar-refractivity contribution in [3.8, 4) is 0 Å². The lowest BCUT2D eigenvalue weighted by atomic mass is 10.1. The van der Waals surface area contributed by atoms with E-state index in [9.17, 15) is 4.79 Å². The number of nitrogens with zero attached hydrogens (tertiary/aromatic N) is 1. The predicted octanol–water partition coefficient (Wildman–Crippen LogP) is 0.840. The number of piperidine rings is 1. The topological polar surface area (TPSA) is 52.6 Å². The lowest BCUT2D eigenvalue weighted by Crippen LogP contribution is -2.46. The number of hydrazine groups is 1. The van der Waals surface area contributed by atoms with Crippen LogP contribution in [-0.2, 0) is 4.79 Å². The summed E-state index contributed by atoms with van der Waals surface area (Å²) in [6, 6.07) is 0.0376. The molecule has 1 fully saturated rings. The summed E-state index contributed by atoms with van der Waals surface area (Å²) >= 11 is 0. The summed E-state index contributed by atoms with van der Waals surface area (Å²) in [6.07, 6.45) is 3.92. The minimum atomic E-state index is -0.739. The Hall–Kier alpha value is -0.610. The molecule has 1 heterocycles. The zero-order valence-corrected chi connectivity index (χ0v) is 8.12. The average molecular weight is 186 g/mol. The summed E-state index contributed by atoms with van der Waals surface area (Å²) in [4.78, 5) is 10.4. The molecule has 13 heavy (non-hydrogen) atoms. The van der Waals surface area contributed by atoms with Crippen LogP contribution in [0.5, 0.6) is 0 Å². The van der Waals surface area contributed by atoms with E-state index in [1.807, 2.05) is 6.92 Å². The van der Waals surface area contributed by atoms with Gasteiger partial charge in [0.25, 0.3) is 0 Å². The van der Waals surface area contributed by atoms with E-state index in [0.717, 1.165) is 13.1 Å². The van der Waals surface area contributed by atoms with Gasteiger partial charge in [-0.25, -0.2) is 5.01 Å². The van der Waals surface area contributed by atoms with Gasteiger partial charge in [0, 0.05) is 19.1 Å². The molecule has 76 valence electrons. The highest BCUT2D eigenvalue weighted by molar-refractivity contribution is 5.67. The SMILES string of the molecule is CC(CC(=O)O)NN1CCCCC1. The first kappa shape index (κ1) is 10.5. The van der Waals surface area contributed by atoms with Crippen LogP contribution in [-0.4, -0.2) is 35.2 Å². The van der Waals surface area contributed by atoms with Crippen LogP contribution in [0.4, 0.5) is 0 Å². The molecule has 4 heteroatoms. The molecule has 2 N–H and O–H groups in total. The van der Waals surface area contributed by atoms with E-state index in [0.29, 0.717) is 0 Å². The van der Waals surface area contributed by atoms with Crippen LogP contribution in [0, 0.1) is 0 Å². The monoisotopic (exact) mass is 186 g/mol. The van der Waals surface area contributed by atoms with Crippen molar-refractivity contribution in [1.82, 2.24) is 10.4 Å². The normalized spacial score (nSPS) is 21.3. The third-order valence-corrected chi connectivity index (χ3v) is 2.24. The molecule has 0 aromatic heterocycles. The first-order chi connectivity index (χ1) is 6.18. The predicted molar refractivity (Wildman–Crippen MR) is 50.3 cm³/mol. The highest BCUT2D eigenvalue weighted by Gasteiger charge is 2.13. The van der Waals surface area contributed by atoms with Gasteiger partial charge in [0.05, 0.1) is 6.42 Å². The molecule has 1 saturated heterocycles. The van der Waals surface area contributed by atoms with Crippen molar-refractivity contribution in [1.29, 1.82) is 0 Å². The molecule has 0 aromatic carbocycles. The number of aliphatic carboxylic acids is 1. The molecule has 0 aromatic rings. The van der Waals surface area contributed by atoms with E-state index in [2.05, 4.69) is 10.4 Å². The second kappa shape index (κ2) is 5.19. The van der Waals surface area contributed by atoms with Crippen molar-refractivity contribution in [2.45, 2.75) is 38.6 Å². The zero-order valence-electron chi connectivity index (χ0n) is 8.12. The van der Waals surface area contributed by atoms with Crippen LogP contribution < -0.4 is 5.43 Å². The quantitative estimate of drug-likeness (QED) is 0.683. The van der Waals surface area contributed by atoms with Gasteiger partial charge in [-0.3, -0.25) is 10.2 Å². The van der Waals surface area contributed by atoms with E-state index in [-0.39, 0.29) is 12.5 Å². The van der Waals surface area contributed by atoms with Gasteiger partial charge in [0.1, 0.15) is 0 Å². The maximum atomic E-state index is 10.4. The molecule has 1 aliphatic rings. The Kier molecular flexibility index (Phi) is 4.18. The molecule has 0 aliphatic carbocycles. The lowest BCUT2D eigenvalue weighted by Gasteiger charge is -2.29. The molecular formula is C9H18N2O2. The third kappa shape index (κ3) is 4.24. The van der Waals surface area contributed by atoms with E-state index in [1.54, 1.807) is 0 Å². The van der Waals surface area contributed by atoms with Crippen molar-refractivity contribution in [3.05, 3.63) is 0 Å². The number of carboxylic acid groups (broad SMARTS) is 1. The highest BCUT2D eigenvalue weighted by Crippen LogP contribution is 2.06. The fourth-order valence-corrected chi connectivity index (χ4v) is 1.64. The van der Waals surface area contributed by atoms with Gasteiger partial charge < -0.3 is 5.11 Å². The van der Waals surface area contributed by atoms with Gasteiger partial charge in [-0.15, -0.1) is 0 Å². The Morgan fingerprint density at radius 1 is 1.46 bits per heavy atom. The number of hydrogen-bond acceptors (Lipinski definition) is 3. The number of carbonyl (C=O) groups is 1. The standard InChI is InChI=1S/C9H18N2O2/c1-8(7-9(12)13)10-11-5-3-2-4-6-11/h8,10H,2-7H2,1H3,(H,12,13). The molecule has 0 bridgehead atoms. The van der Waals surface area contributed by atoms with Crippen LogP contribution in [0.15, 0.2) is 0 Å². The molecule has 1 rings (SSSR count). The second-order valence-corrected chi connectivity index (χ2v) is 3.68. The van der Waals surface area contributed by atoms with Crippen LogP contribution in [0.2, 0.25) is 0 Å². The van der Waals surface area contributed by atoms with Crippen molar-refractivity contribution in [3.63, 3.8) is 0 Å². The minimum Gasteiger partial charge on any atom is -0.481 e. The summed E-state index contributed by atoms with van der Waals surface area (Å²) < 4.78 is 0. The minimum absolute atomic E-state index is 0.0376. The smallest absolute Gasteiger partial charge is 0.304 e. The molecule has 4 nitrogen and oxygen atoms in total. The lowest BCUT2D eigenvalue weighted by molar-refractivity contribution is -0.137. The van der Waals surface area contributed by atoms with E-state index in [4.69, 9.17) is 5.11 Å². The van der Waals surface area contributed by atoms with Gasteiger partial charge in [0.2, 0.25) is 0 Å². The fourth-order valence-electron chi connectivity index (χ4n) is 1.64. The van der Waals surface area contributed by atoms with Gasteiger partial charge >= 0.3 is 5.97 Å². The summed E-state index contributed by atoms with van der Waals surface area (Å²) in [5, 5.41) is 10.7. The summed E-state index contributed by atoms with van der Waals surface area (Å²) in [7, 11) is 0. The van der Waals surface area contributed by atoms with Crippen LogP contribution in [0.25, 0.3) is 0 Å². The first-order valence-corrected chi connectivity index (χ1v) is 4.91. The zero-order chi connectivity index (χ0) is 9.68. The van der Waals surface area contributed by atoms with Gasteiger partial charge in [-0.1, -0.05) is 6.42 Å². The molecule has 1 aliphatic heterocycles. The Labute approximate surface area is 78.9 Å². The van der Waals surface area contributed by atoms with E-state index in [1.165, 1.54) is 19.3 Å². The second-order valence-electron chi connectivity index (χ2n) is 3.68. The molecule has 0 radical (unpaired) electrons. The maximum absolute atomic E-state index is 10.4. The molecule has 0 saturated carbocycles. The highest BCUT2D eigenvalue weighted by atomic mass is 16.4.